The highest BCUT2D eigenvalue weighted by Gasteiger charge is 2.49. The number of anilines is 1. The summed E-state index contributed by atoms with van der Waals surface area (Å²) in [4.78, 5) is 38.7. The minimum Gasteiger partial charge on any atom is -0.493 e. The van der Waals surface area contributed by atoms with E-state index < -0.39 is 29.9 Å². The molecular weight excluding hydrogens is 374 g/mol. The lowest BCUT2D eigenvalue weighted by molar-refractivity contribution is -0.133. The van der Waals surface area contributed by atoms with Crippen LogP contribution in [0.15, 0.2) is 42.5 Å². The fourth-order valence-electron chi connectivity index (χ4n) is 3.18. The van der Waals surface area contributed by atoms with Crippen molar-refractivity contribution in [2.45, 2.75) is 19.4 Å². The molecule has 0 saturated carbocycles. The highest BCUT2D eigenvalue weighted by Crippen LogP contribution is 2.31. The van der Waals surface area contributed by atoms with Gasteiger partial charge in [0.05, 0.1) is 14.2 Å². The van der Waals surface area contributed by atoms with Crippen LogP contribution < -0.4 is 20.1 Å². The van der Waals surface area contributed by atoms with Crippen LogP contribution in [-0.4, -0.2) is 43.5 Å². The number of amides is 4. The number of nitrogens with one attached hydrogen (secondary N) is 2. The molecule has 29 heavy (non-hydrogen) atoms. The van der Waals surface area contributed by atoms with Gasteiger partial charge in [0.15, 0.2) is 11.5 Å². The Bertz CT molecular complexity index is 957. The van der Waals surface area contributed by atoms with E-state index in [4.69, 9.17) is 9.47 Å². The first-order chi connectivity index (χ1) is 13.8. The maximum Gasteiger partial charge on any atom is 0.325 e. The Hall–Kier alpha value is -3.55. The third kappa shape index (κ3) is 3.87. The number of rotatable bonds is 6. The summed E-state index contributed by atoms with van der Waals surface area (Å²) in [5, 5.41) is 5.35. The summed E-state index contributed by atoms with van der Waals surface area (Å²) in [5.41, 5.74) is 0.944. The summed E-state index contributed by atoms with van der Waals surface area (Å²) in [6.07, 6.45) is 0. The van der Waals surface area contributed by atoms with Crippen LogP contribution in [0.3, 0.4) is 0 Å². The van der Waals surface area contributed by atoms with Crippen LogP contribution in [0.5, 0.6) is 11.5 Å². The van der Waals surface area contributed by atoms with Crippen LogP contribution in [-0.2, 0) is 15.1 Å². The lowest BCUT2D eigenvalue weighted by Gasteiger charge is -2.22. The maximum atomic E-state index is 12.9. The monoisotopic (exact) mass is 397 g/mol. The summed E-state index contributed by atoms with van der Waals surface area (Å²) in [5.74, 6) is -0.0107. The Morgan fingerprint density at radius 3 is 2.34 bits per heavy atom. The van der Waals surface area contributed by atoms with E-state index in [-0.39, 0.29) is 0 Å². The predicted molar refractivity (Wildman–Crippen MR) is 107 cm³/mol. The average molecular weight is 397 g/mol. The van der Waals surface area contributed by atoms with Crippen molar-refractivity contribution in [3.05, 3.63) is 53.6 Å². The quantitative estimate of drug-likeness (QED) is 0.730. The fourth-order valence-corrected chi connectivity index (χ4v) is 3.18. The number of aryl methyl sites for hydroxylation is 1. The van der Waals surface area contributed by atoms with Gasteiger partial charge in [0.25, 0.3) is 5.91 Å². The van der Waals surface area contributed by atoms with Gasteiger partial charge in [0.2, 0.25) is 5.91 Å². The number of carbonyl (C=O) groups excluding carboxylic acids is 3. The molecular formula is C21H23N3O5. The van der Waals surface area contributed by atoms with Crippen molar-refractivity contribution < 1.29 is 23.9 Å². The second kappa shape index (κ2) is 7.83. The number of urea groups is 1. The molecule has 1 fully saturated rings. The maximum absolute atomic E-state index is 12.9. The van der Waals surface area contributed by atoms with Gasteiger partial charge in [0, 0.05) is 11.8 Å². The Morgan fingerprint density at radius 2 is 1.72 bits per heavy atom. The number of carbonyl (C=O) groups is 3. The number of imide groups is 1. The summed E-state index contributed by atoms with van der Waals surface area (Å²) in [6.45, 7) is 3.16. The molecule has 3 rings (SSSR count). The van der Waals surface area contributed by atoms with Crippen LogP contribution in [0.4, 0.5) is 10.5 Å². The highest BCUT2D eigenvalue weighted by atomic mass is 16.5. The predicted octanol–water partition coefficient (Wildman–Crippen LogP) is 2.42. The van der Waals surface area contributed by atoms with E-state index in [1.54, 1.807) is 37.3 Å². The van der Waals surface area contributed by atoms with Crippen molar-refractivity contribution in [1.29, 1.82) is 0 Å². The van der Waals surface area contributed by atoms with Crippen molar-refractivity contribution in [1.82, 2.24) is 10.2 Å². The van der Waals surface area contributed by atoms with Gasteiger partial charge in [-0.3, -0.25) is 14.5 Å². The zero-order chi connectivity index (χ0) is 21.2. The lowest BCUT2D eigenvalue weighted by Crippen LogP contribution is -2.42. The molecule has 0 spiro atoms. The fraction of sp³-hybridized carbons (Fsp3) is 0.286. The second-order valence-electron chi connectivity index (χ2n) is 6.93. The number of hydrogen-bond acceptors (Lipinski definition) is 5. The largest absolute Gasteiger partial charge is 0.493 e. The average Bonchev–Trinajstić information content (AvgIpc) is 2.92. The number of nitrogens with zero attached hydrogens (tertiary/aromatic N) is 1. The van der Waals surface area contributed by atoms with Crippen molar-refractivity contribution in [3.8, 4) is 11.5 Å². The van der Waals surface area contributed by atoms with E-state index in [0.717, 1.165) is 10.5 Å². The standard InChI is InChI=1S/C21H23N3O5/c1-13-5-7-14(8-6-13)21(2)19(26)24(20(27)23-21)12-18(25)22-15-9-10-16(28-3)17(11-15)29-4/h5-11H,12H2,1-4H3,(H,22,25)(H,23,27)/t21-/m0/s1. The number of benzene rings is 2. The Kier molecular flexibility index (Phi) is 5.45. The third-order valence-corrected chi connectivity index (χ3v) is 4.87. The van der Waals surface area contributed by atoms with Crippen LogP contribution in [0.2, 0.25) is 0 Å². The van der Waals surface area contributed by atoms with Gasteiger partial charge >= 0.3 is 6.03 Å². The van der Waals surface area contributed by atoms with E-state index in [9.17, 15) is 14.4 Å². The lowest BCUT2D eigenvalue weighted by atomic mass is 9.91. The Morgan fingerprint density at radius 1 is 1.07 bits per heavy atom. The SMILES string of the molecule is COc1ccc(NC(=O)CN2C(=O)N[C@@](C)(c3ccc(C)cc3)C2=O)cc1OC. The molecule has 1 aliphatic heterocycles. The van der Waals surface area contributed by atoms with Crippen molar-refractivity contribution in [3.63, 3.8) is 0 Å². The van der Waals surface area contributed by atoms with E-state index in [2.05, 4.69) is 10.6 Å². The molecule has 0 radical (unpaired) electrons. The highest BCUT2D eigenvalue weighted by molar-refractivity contribution is 6.10. The molecule has 0 aromatic heterocycles. The summed E-state index contributed by atoms with van der Waals surface area (Å²) in [7, 11) is 3.00. The van der Waals surface area contributed by atoms with Gasteiger partial charge in [-0.25, -0.2) is 4.79 Å². The van der Waals surface area contributed by atoms with Crippen molar-refractivity contribution in [2.75, 3.05) is 26.1 Å². The molecule has 4 amide bonds. The Labute approximate surface area is 168 Å². The van der Waals surface area contributed by atoms with E-state index in [0.29, 0.717) is 22.7 Å². The normalized spacial score (nSPS) is 18.4. The zero-order valence-electron chi connectivity index (χ0n) is 16.7. The van der Waals surface area contributed by atoms with Crippen molar-refractivity contribution in [2.24, 2.45) is 0 Å². The van der Waals surface area contributed by atoms with Gasteiger partial charge in [-0.2, -0.15) is 0 Å². The molecule has 0 bridgehead atoms. The third-order valence-electron chi connectivity index (χ3n) is 4.87. The van der Waals surface area contributed by atoms with E-state index in [1.807, 2.05) is 19.1 Å². The minimum absolute atomic E-state index is 0.402. The van der Waals surface area contributed by atoms with Gasteiger partial charge in [-0.15, -0.1) is 0 Å². The molecule has 0 aliphatic carbocycles. The summed E-state index contributed by atoms with van der Waals surface area (Å²) in [6, 6.07) is 11.6. The first kappa shape index (κ1) is 20.2. The van der Waals surface area contributed by atoms with Crippen LogP contribution >= 0.6 is 0 Å². The summed E-state index contributed by atoms with van der Waals surface area (Å²) < 4.78 is 10.4. The molecule has 2 N–H and O–H groups in total. The van der Waals surface area contributed by atoms with Gasteiger partial charge < -0.3 is 20.1 Å². The second-order valence-corrected chi connectivity index (χ2v) is 6.93. The Balaban J connectivity index is 1.73. The minimum atomic E-state index is -1.21. The summed E-state index contributed by atoms with van der Waals surface area (Å²) >= 11 is 0. The number of ether oxygens (including phenoxy) is 2. The molecule has 1 heterocycles. The van der Waals surface area contributed by atoms with Crippen LogP contribution in [0, 0.1) is 6.92 Å². The molecule has 152 valence electrons. The number of methoxy groups -OCH3 is 2. The van der Waals surface area contributed by atoms with Gasteiger partial charge in [-0.05, 0) is 31.5 Å². The topological polar surface area (TPSA) is 97.0 Å². The zero-order valence-corrected chi connectivity index (χ0v) is 16.7. The van der Waals surface area contributed by atoms with Gasteiger partial charge in [-0.1, -0.05) is 29.8 Å². The first-order valence-electron chi connectivity index (χ1n) is 9.01. The molecule has 2 aromatic carbocycles. The smallest absolute Gasteiger partial charge is 0.325 e. The van der Waals surface area contributed by atoms with Gasteiger partial charge in [0.1, 0.15) is 12.1 Å². The van der Waals surface area contributed by atoms with E-state index >= 15 is 0 Å². The first-order valence-corrected chi connectivity index (χ1v) is 9.01. The molecule has 1 atom stereocenters. The van der Waals surface area contributed by atoms with Crippen LogP contribution in [0.1, 0.15) is 18.1 Å². The van der Waals surface area contributed by atoms with Crippen molar-refractivity contribution >= 4 is 23.5 Å². The number of hydrogen-bond donors (Lipinski definition) is 2. The molecule has 8 nitrogen and oxygen atoms in total. The molecule has 1 saturated heterocycles. The molecule has 2 aromatic rings. The molecule has 8 heteroatoms. The van der Waals surface area contributed by atoms with E-state index in [1.165, 1.54) is 14.2 Å². The van der Waals surface area contributed by atoms with Crippen LogP contribution in [0.25, 0.3) is 0 Å². The molecule has 1 aliphatic rings. The molecule has 0 unspecified atom stereocenters.